The molecular formula is C16H14BrClF2. The van der Waals surface area contributed by atoms with Gasteiger partial charge in [0.15, 0.2) is 0 Å². The van der Waals surface area contributed by atoms with Crippen molar-refractivity contribution in [2.24, 2.45) is 0 Å². The molecule has 2 aromatic carbocycles. The van der Waals surface area contributed by atoms with Gasteiger partial charge in [-0.3, -0.25) is 0 Å². The van der Waals surface area contributed by atoms with Gasteiger partial charge in [-0.15, -0.1) is 11.6 Å². The highest BCUT2D eigenvalue weighted by Gasteiger charge is 2.20. The van der Waals surface area contributed by atoms with Crippen molar-refractivity contribution in [1.29, 1.82) is 0 Å². The summed E-state index contributed by atoms with van der Waals surface area (Å²) in [4.78, 5) is 0. The minimum absolute atomic E-state index is 0.118. The van der Waals surface area contributed by atoms with Gasteiger partial charge in [0.25, 0.3) is 0 Å². The molecule has 0 heterocycles. The molecule has 0 saturated carbocycles. The van der Waals surface area contributed by atoms with Gasteiger partial charge in [0.05, 0.1) is 5.38 Å². The van der Waals surface area contributed by atoms with Gasteiger partial charge in [-0.25, -0.2) is 8.78 Å². The molecule has 0 aliphatic heterocycles. The molecule has 0 aliphatic carbocycles. The van der Waals surface area contributed by atoms with Gasteiger partial charge in [-0.2, -0.15) is 0 Å². The van der Waals surface area contributed by atoms with Crippen molar-refractivity contribution < 1.29 is 8.78 Å². The van der Waals surface area contributed by atoms with Gasteiger partial charge < -0.3 is 0 Å². The van der Waals surface area contributed by atoms with Crippen molar-refractivity contribution in [1.82, 2.24) is 0 Å². The second kappa shape index (κ2) is 6.23. The first-order valence-electron chi connectivity index (χ1n) is 6.28. The van der Waals surface area contributed by atoms with Gasteiger partial charge in [-0.1, -0.05) is 54.0 Å². The molecule has 0 amide bonds. The van der Waals surface area contributed by atoms with Crippen LogP contribution in [0, 0.1) is 11.6 Å². The second-order valence-electron chi connectivity index (χ2n) is 4.97. The molecule has 106 valence electrons. The zero-order valence-electron chi connectivity index (χ0n) is 11.1. The lowest BCUT2D eigenvalue weighted by Crippen LogP contribution is -2.01. The summed E-state index contributed by atoms with van der Waals surface area (Å²) in [5.41, 5.74) is 1.72. The molecule has 0 saturated heterocycles. The number of hydrogen-bond acceptors (Lipinski definition) is 0. The van der Waals surface area contributed by atoms with Crippen LogP contribution in [0.15, 0.2) is 40.9 Å². The van der Waals surface area contributed by atoms with E-state index >= 15 is 0 Å². The summed E-state index contributed by atoms with van der Waals surface area (Å²) in [6, 6.07) is 9.93. The Morgan fingerprint density at radius 3 is 1.85 bits per heavy atom. The van der Waals surface area contributed by atoms with Crippen molar-refractivity contribution >= 4 is 27.5 Å². The van der Waals surface area contributed by atoms with E-state index < -0.39 is 17.0 Å². The number of rotatable bonds is 3. The lowest BCUT2D eigenvalue weighted by molar-refractivity contribution is 0.557. The minimum Gasteiger partial charge on any atom is -0.206 e. The normalized spacial score (nSPS) is 12.8. The van der Waals surface area contributed by atoms with Crippen LogP contribution in [0.4, 0.5) is 8.78 Å². The average molecular weight is 360 g/mol. The smallest absolute Gasteiger partial charge is 0.132 e. The van der Waals surface area contributed by atoms with Gasteiger partial charge in [0.2, 0.25) is 0 Å². The molecule has 0 nitrogen and oxygen atoms in total. The van der Waals surface area contributed by atoms with E-state index in [2.05, 4.69) is 29.8 Å². The Balaban J connectivity index is 2.38. The minimum atomic E-state index is -0.843. The van der Waals surface area contributed by atoms with Crippen LogP contribution in [-0.2, 0) is 0 Å². The van der Waals surface area contributed by atoms with Gasteiger partial charge in [0.1, 0.15) is 11.6 Å². The summed E-state index contributed by atoms with van der Waals surface area (Å²) in [5, 5.41) is -0.843. The monoisotopic (exact) mass is 358 g/mol. The van der Waals surface area contributed by atoms with Crippen molar-refractivity contribution in [3.63, 3.8) is 0 Å². The predicted molar refractivity (Wildman–Crippen MR) is 82.3 cm³/mol. The first kappa shape index (κ1) is 15.5. The maximum Gasteiger partial charge on any atom is 0.132 e. The van der Waals surface area contributed by atoms with Crippen LogP contribution >= 0.6 is 27.5 Å². The topological polar surface area (TPSA) is 0 Å². The third-order valence-corrected chi connectivity index (χ3v) is 4.12. The average Bonchev–Trinajstić information content (AvgIpc) is 2.37. The fourth-order valence-corrected chi connectivity index (χ4v) is 2.77. The number of hydrogen-bond donors (Lipinski definition) is 0. The Hall–Kier alpha value is -0.930. The molecule has 2 aromatic rings. The third kappa shape index (κ3) is 3.21. The maximum absolute atomic E-state index is 13.9. The summed E-state index contributed by atoms with van der Waals surface area (Å²) < 4.78 is 28.2. The van der Waals surface area contributed by atoms with Crippen LogP contribution in [0.1, 0.15) is 41.8 Å². The Morgan fingerprint density at radius 1 is 0.950 bits per heavy atom. The quantitative estimate of drug-likeness (QED) is 0.574. The first-order chi connectivity index (χ1) is 9.40. The van der Waals surface area contributed by atoms with E-state index in [0.29, 0.717) is 16.0 Å². The molecule has 1 atom stereocenters. The van der Waals surface area contributed by atoms with Crippen LogP contribution in [0.25, 0.3) is 0 Å². The van der Waals surface area contributed by atoms with E-state index in [1.807, 2.05) is 24.3 Å². The van der Waals surface area contributed by atoms with Gasteiger partial charge in [-0.05, 0) is 29.2 Å². The largest absolute Gasteiger partial charge is 0.206 e. The Bertz CT molecular complexity index is 585. The Morgan fingerprint density at radius 2 is 1.40 bits per heavy atom. The van der Waals surface area contributed by atoms with Crippen LogP contribution in [0.5, 0.6) is 0 Å². The molecule has 20 heavy (non-hydrogen) atoms. The lowest BCUT2D eigenvalue weighted by atomic mass is 9.98. The molecule has 0 fully saturated rings. The summed E-state index contributed by atoms with van der Waals surface area (Å²) in [5.74, 6) is -0.895. The zero-order valence-corrected chi connectivity index (χ0v) is 13.5. The summed E-state index contributed by atoms with van der Waals surface area (Å²) >= 11 is 9.29. The SMILES string of the molecule is CC(C)c1ccc(C(Cl)c2c(F)cc(Br)cc2F)cc1. The number of halogens is 4. The van der Waals surface area contributed by atoms with Crippen molar-refractivity contribution in [3.05, 3.63) is 69.2 Å². The molecule has 0 spiro atoms. The second-order valence-corrected chi connectivity index (χ2v) is 6.32. The van der Waals surface area contributed by atoms with E-state index in [4.69, 9.17) is 11.6 Å². The molecule has 1 unspecified atom stereocenters. The number of alkyl halides is 1. The zero-order chi connectivity index (χ0) is 14.9. The molecule has 4 heteroatoms. The van der Waals surface area contributed by atoms with E-state index in [9.17, 15) is 8.78 Å². The van der Waals surface area contributed by atoms with Crippen molar-refractivity contribution in [2.75, 3.05) is 0 Å². The number of benzene rings is 2. The standard InChI is InChI=1S/C16H14BrClF2/c1-9(2)10-3-5-11(6-4-10)16(18)15-13(19)7-12(17)8-14(15)20/h3-9,16H,1-2H3. The first-order valence-corrected chi connectivity index (χ1v) is 7.51. The van der Waals surface area contributed by atoms with E-state index in [1.54, 1.807) is 0 Å². The van der Waals surface area contributed by atoms with Crippen LogP contribution in [0.2, 0.25) is 0 Å². The Labute approximate surface area is 130 Å². The molecule has 0 N–H and O–H groups in total. The summed E-state index contributed by atoms with van der Waals surface area (Å²) in [6.07, 6.45) is 0. The molecule has 0 radical (unpaired) electrons. The highest BCUT2D eigenvalue weighted by atomic mass is 79.9. The molecule has 0 aromatic heterocycles. The van der Waals surface area contributed by atoms with E-state index in [1.165, 1.54) is 12.1 Å². The summed E-state index contributed by atoms with van der Waals surface area (Å²) in [7, 11) is 0. The van der Waals surface area contributed by atoms with Crippen molar-refractivity contribution in [2.45, 2.75) is 25.1 Å². The van der Waals surface area contributed by atoms with Gasteiger partial charge >= 0.3 is 0 Å². The molecular weight excluding hydrogens is 346 g/mol. The van der Waals surface area contributed by atoms with Crippen LogP contribution < -0.4 is 0 Å². The fourth-order valence-electron chi connectivity index (χ4n) is 2.01. The van der Waals surface area contributed by atoms with E-state index in [-0.39, 0.29) is 5.56 Å². The molecule has 0 bridgehead atoms. The molecule has 0 aliphatic rings. The highest BCUT2D eigenvalue weighted by Crippen LogP contribution is 2.34. The van der Waals surface area contributed by atoms with Crippen molar-refractivity contribution in [3.8, 4) is 0 Å². The molecule has 2 rings (SSSR count). The Kier molecular flexibility index (Phi) is 4.82. The predicted octanol–water partition coefficient (Wildman–Crippen LogP) is 6.18. The van der Waals surface area contributed by atoms with Gasteiger partial charge in [0, 0.05) is 10.0 Å². The van der Waals surface area contributed by atoms with Crippen LogP contribution in [-0.4, -0.2) is 0 Å². The highest BCUT2D eigenvalue weighted by molar-refractivity contribution is 9.10. The van der Waals surface area contributed by atoms with Crippen LogP contribution in [0.3, 0.4) is 0 Å². The lowest BCUT2D eigenvalue weighted by Gasteiger charge is -2.14. The summed E-state index contributed by atoms with van der Waals surface area (Å²) in [6.45, 7) is 4.17. The third-order valence-electron chi connectivity index (χ3n) is 3.19. The van der Waals surface area contributed by atoms with E-state index in [0.717, 1.165) is 5.56 Å². The fraction of sp³-hybridized carbons (Fsp3) is 0.250. The maximum atomic E-state index is 13.9.